The molecule has 1 unspecified atom stereocenters. The third-order valence-corrected chi connectivity index (χ3v) is 3.85. The highest BCUT2D eigenvalue weighted by atomic mass is 16.5. The van der Waals surface area contributed by atoms with Crippen LogP contribution in [0.5, 0.6) is 5.75 Å². The van der Waals surface area contributed by atoms with Crippen LogP contribution in [-0.4, -0.2) is 22.7 Å². The maximum atomic E-state index is 11.1. The molecule has 1 amide bonds. The van der Waals surface area contributed by atoms with Crippen LogP contribution in [0.3, 0.4) is 0 Å². The van der Waals surface area contributed by atoms with E-state index in [1.165, 1.54) is 12.5 Å². The van der Waals surface area contributed by atoms with Crippen molar-refractivity contribution < 1.29 is 14.1 Å². The number of aromatic nitrogens is 2. The highest BCUT2D eigenvalue weighted by molar-refractivity contribution is 5.73. The van der Waals surface area contributed by atoms with Gasteiger partial charge < -0.3 is 14.6 Å². The van der Waals surface area contributed by atoms with Gasteiger partial charge in [0.05, 0.1) is 6.61 Å². The average molecular weight is 351 g/mol. The zero-order valence-electron chi connectivity index (χ0n) is 14.8. The van der Waals surface area contributed by atoms with E-state index in [1.807, 2.05) is 42.5 Å². The Morgan fingerprint density at radius 3 is 2.58 bits per heavy atom. The number of amides is 1. The second-order valence-electron chi connectivity index (χ2n) is 5.99. The zero-order valence-corrected chi connectivity index (χ0v) is 14.8. The van der Waals surface area contributed by atoms with Crippen LogP contribution >= 0.6 is 0 Å². The van der Waals surface area contributed by atoms with Crippen LogP contribution in [0, 0.1) is 0 Å². The summed E-state index contributed by atoms with van der Waals surface area (Å²) in [5.74, 6) is 1.50. The lowest BCUT2D eigenvalue weighted by atomic mass is 10.2. The average Bonchev–Trinajstić information content (AvgIpc) is 3.13. The molecule has 1 N–H and O–H groups in total. The monoisotopic (exact) mass is 351 g/mol. The molecule has 0 spiro atoms. The van der Waals surface area contributed by atoms with Gasteiger partial charge in [-0.15, -0.1) is 0 Å². The highest BCUT2D eigenvalue weighted by Gasteiger charge is 2.15. The summed E-state index contributed by atoms with van der Waals surface area (Å²) in [6, 6.07) is 17.4. The zero-order chi connectivity index (χ0) is 18.4. The van der Waals surface area contributed by atoms with Crippen LogP contribution in [0.15, 0.2) is 59.1 Å². The van der Waals surface area contributed by atoms with Gasteiger partial charge in [-0.05, 0) is 36.8 Å². The molecule has 2 aromatic carbocycles. The predicted octanol–water partition coefficient (Wildman–Crippen LogP) is 3.56. The summed E-state index contributed by atoms with van der Waals surface area (Å²) in [5, 5.41) is 6.68. The molecule has 1 heterocycles. The minimum atomic E-state index is -0.325. The molecule has 1 aromatic heterocycles. The standard InChI is InChI=1S/C20H21N3O3/c1-14(21-15(2)24)20-22-19(23-26-20)17-8-10-18(11-9-17)25-13-12-16-6-4-3-5-7-16/h3-11,14H,12-13H2,1-2H3,(H,21,24). The number of hydrogen-bond donors (Lipinski definition) is 1. The van der Waals surface area contributed by atoms with Crippen molar-refractivity contribution in [2.45, 2.75) is 26.3 Å². The fourth-order valence-electron chi connectivity index (χ4n) is 2.53. The van der Waals surface area contributed by atoms with Gasteiger partial charge in [0, 0.05) is 18.9 Å². The Morgan fingerprint density at radius 2 is 1.88 bits per heavy atom. The first-order chi connectivity index (χ1) is 12.6. The van der Waals surface area contributed by atoms with E-state index in [9.17, 15) is 4.79 Å². The van der Waals surface area contributed by atoms with Crippen molar-refractivity contribution in [2.75, 3.05) is 6.61 Å². The van der Waals surface area contributed by atoms with E-state index in [0.29, 0.717) is 18.3 Å². The minimum Gasteiger partial charge on any atom is -0.493 e. The molecule has 26 heavy (non-hydrogen) atoms. The second kappa shape index (κ2) is 8.29. The number of nitrogens with zero attached hydrogens (tertiary/aromatic N) is 2. The summed E-state index contributed by atoms with van der Waals surface area (Å²) < 4.78 is 11.0. The van der Waals surface area contributed by atoms with Crippen molar-refractivity contribution >= 4 is 5.91 Å². The second-order valence-corrected chi connectivity index (χ2v) is 5.99. The Labute approximate surface area is 152 Å². The smallest absolute Gasteiger partial charge is 0.249 e. The molecule has 0 aliphatic carbocycles. The van der Waals surface area contributed by atoms with Crippen molar-refractivity contribution in [3.63, 3.8) is 0 Å². The first-order valence-electron chi connectivity index (χ1n) is 8.49. The molecule has 6 heteroatoms. The molecule has 0 saturated heterocycles. The van der Waals surface area contributed by atoms with E-state index in [2.05, 4.69) is 27.6 Å². The van der Waals surface area contributed by atoms with Gasteiger partial charge in [0.1, 0.15) is 11.8 Å². The van der Waals surface area contributed by atoms with E-state index in [1.54, 1.807) is 6.92 Å². The largest absolute Gasteiger partial charge is 0.493 e. The Bertz CT molecular complexity index is 844. The lowest BCUT2D eigenvalue weighted by Crippen LogP contribution is -2.23. The lowest BCUT2D eigenvalue weighted by molar-refractivity contribution is -0.119. The first kappa shape index (κ1) is 17.7. The van der Waals surface area contributed by atoms with E-state index >= 15 is 0 Å². The molecule has 0 aliphatic rings. The molecule has 134 valence electrons. The summed E-state index contributed by atoms with van der Waals surface area (Å²) in [4.78, 5) is 15.4. The van der Waals surface area contributed by atoms with Crippen molar-refractivity contribution in [3.05, 3.63) is 66.1 Å². The molecular weight excluding hydrogens is 330 g/mol. The van der Waals surface area contributed by atoms with E-state index < -0.39 is 0 Å². The molecule has 0 radical (unpaired) electrons. The molecule has 0 bridgehead atoms. The highest BCUT2D eigenvalue weighted by Crippen LogP contribution is 2.21. The fourth-order valence-corrected chi connectivity index (χ4v) is 2.53. The fraction of sp³-hybridized carbons (Fsp3) is 0.250. The van der Waals surface area contributed by atoms with Gasteiger partial charge in [0.2, 0.25) is 17.6 Å². The van der Waals surface area contributed by atoms with E-state index in [0.717, 1.165) is 17.7 Å². The van der Waals surface area contributed by atoms with Crippen LogP contribution in [-0.2, 0) is 11.2 Å². The van der Waals surface area contributed by atoms with Gasteiger partial charge in [-0.3, -0.25) is 4.79 Å². The number of nitrogens with one attached hydrogen (secondary N) is 1. The number of rotatable bonds is 7. The first-order valence-corrected chi connectivity index (χ1v) is 8.49. The third-order valence-electron chi connectivity index (χ3n) is 3.85. The minimum absolute atomic E-state index is 0.144. The molecule has 3 rings (SSSR count). The summed E-state index contributed by atoms with van der Waals surface area (Å²) in [6.07, 6.45) is 0.859. The topological polar surface area (TPSA) is 77.2 Å². The lowest BCUT2D eigenvalue weighted by Gasteiger charge is -2.07. The van der Waals surface area contributed by atoms with Crippen LogP contribution in [0.2, 0.25) is 0 Å². The number of hydrogen-bond acceptors (Lipinski definition) is 5. The van der Waals surface area contributed by atoms with Gasteiger partial charge in [-0.25, -0.2) is 0 Å². The van der Waals surface area contributed by atoms with Gasteiger partial charge in [-0.1, -0.05) is 35.5 Å². The Balaban J connectivity index is 1.57. The summed E-state index contributed by atoms with van der Waals surface area (Å²) >= 11 is 0. The van der Waals surface area contributed by atoms with Crippen LogP contribution in [0.4, 0.5) is 0 Å². The quantitative estimate of drug-likeness (QED) is 0.704. The van der Waals surface area contributed by atoms with Crippen molar-refractivity contribution in [1.82, 2.24) is 15.5 Å². The van der Waals surface area contributed by atoms with Crippen molar-refractivity contribution in [2.24, 2.45) is 0 Å². The summed E-state index contributed by atoms with van der Waals surface area (Å²) in [5.41, 5.74) is 2.07. The Hall–Kier alpha value is -3.15. The molecule has 0 saturated carbocycles. The molecular formula is C20H21N3O3. The van der Waals surface area contributed by atoms with Crippen molar-refractivity contribution in [1.29, 1.82) is 0 Å². The van der Waals surface area contributed by atoms with Gasteiger partial charge in [-0.2, -0.15) is 4.98 Å². The third kappa shape index (κ3) is 4.69. The molecule has 6 nitrogen and oxygen atoms in total. The number of benzene rings is 2. The number of ether oxygens (including phenoxy) is 1. The van der Waals surface area contributed by atoms with Crippen LogP contribution < -0.4 is 10.1 Å². The number of carbonyl (C=O) groups excluding carboxylic acids is 1. The van der Waals surface area contributed by atoms with Crippen molar-refractivity contribution in [3.8, 4) is 17.1 Å². The molecule has 0 aliphatic heterocycles. The summed E-state index contributed by atoms with van der Waals surface area (Å²) in [6.45, 7) is 3.86. The van der Waals surface area contributed by atoms with Crippen LogP contribution in [0.25, 0.3) is 11.4 Å². The van der Waals surface area contributed by atoms with Gasteiger partial charge in [0.25, 0.3) is 0 Å². The molecule has 1 atom stereocenters. The SMILES string of the molecule is CC(=O)NC(C)c1nc(-c2ccc(OCCc3ccccc3)cc2)no1. The Morgan fingerprint density at radius 1 is 1.15 bits per heavy atom. The molecule has 0 fully saturated rings. The predicted molar refractivity (Wildman–Crippen MR) is 97.6 cm³/mol. The molecule has 3 aromatic rings. The van der Waals surface area contributed by atoms with E-state index in [4.69, 9.17) is 9.26 Å². The maximum Gasteiger partial charge on any atom is 0.249 e. The Kier molecular flexibility index (Phi) is 5.63. The van der Waals surface area contributed by atoms with Gasteiger partial charge >= 0.3 is 0 Å². The van der Waals surface area contributed by atoms with Crippen LogP contribution in [0.1, 0.15) is 31.3 Å². The summed E-state index contributed by atoms with van der Waals surface area (Å²) in [7, 11) is 0. The number of carbonyl (C=O) groups is 1. The van der Waals surface area contributed by atoms with E-state index in [-0.39, 0.29) is 11.9 Å². The maximum absolute atomic E-state index is 11.1. The normalized spacial score (nSPS) is 11.8. The van der Waals surface area contributed by atoms with Gasteiger partial charge in [0.15, 0.2) is 0 Å².